The summed E-state index contributed by atoms with van der Waals surface area (Å²) in [5, 5.41) is 16.6. The van der Waals surface area contributed by atoms with E-state index < -0.39 is 6.04 Å². The first-order valence-corrected chi connectivity index (χ1v) is 11.0. The molecule has 1 fully saturated rings. The van der Waals surface area contributed by atoms with Crippen LogP contribution in [0.2, 0.25) is 0 Å². The number of aromatic nitrogens is 2. The molecule has 3 heterocycles. The molecule has 31 heavy (non-hydrogen) atoms. The minimum absolute atomic E-state index is 0.0184. The van der Waals surface area contributed by atoms with E-state index in [1.54, 1.807) is 12.3 Å². The molecule has 3 aromatic rings. The van der Waals surface area contributed by atoms with Crippen molar-refractivity contribution >= 4 is 34.5 Å². The highest BCUT2D eigenvalue weighted by atomic mass is 32.2. The van der Waals surface area contributed by atoms with Gasteiger partial charge in [0.15, 0.2) is 0 Å². The van der Waals surface area contributed by atoms with Crippen LogP contribution in [0.25, 0.3) is 10.9 Å². The number of rotatable bonds is 5. The predicted octanol–water partition coefficient (Wildman–Crippen LogP) is 2.84. The van der Waals surface area contributed by atoms with Gasteiger partial charge in [-0.1, -0.05) is 18.1 Å². The van der Waals surface area contributed by atoms with Crippen molar-refractivity contribution in [3.8, 4) is 6.07 Å². The molecule has 158 valence electrons. The van der Waals surface area contributed by atoms with Crippen molar-refractivity contribution in [2.75, 3.05) is 18.2 Å². The number of nitrogens with zero attached hydrogens (tertiary/aromatic N) is 4. The van der Waals surface area contributed by atoms with Crippen molar-refractivity contribution in [2.45, 2.75) is 25.8 Å². The van der Waals surface area contributed by atoms with E-state index in [-0.39, 0.29) is 24.3 Å². The number of aryl methyl sites for hydroxylation is 1. The molecule has 1 N–H and O–H groups in total. The molecular weight excluding hydrogens is 414 g/mol. The van der Waals surface area contributed by atoms with Crippen LogP contribution >= 0.6 is 11.8 Å². The zero-order valence-electron chi connectivity index (χ0n) is 17.2. The predicted molar refractivity (Wildman–Crippen MR) is 116 cm³/mol. The molecule has 0 radical (unpaired) electrons. The van der Waals surface area contributed by atoms with Crippen molar-refractivity contribution in [1.82, 2.24) is 20.4 Å². The van der Waals surface area contributed by atoms with E-state index in [9.17, 15) is 9.59 Å². The first-order chi connectivity index (χ1) is 15.0. The van der Waals surface area contributed by atoms with Gasteiger partial charge in [0.25, 0.3) is 5.91 Å². The molecule has 0 bridgehead atoms. The maximum absolute atomic E-state index is 12.9. The van der Waals surface area contributed by atoms with Gasteiger partial charge in [0.05, 0.1) is 35.3 Å². The summed E-state index contributed by atoms with van der Waals surface area (Å²) in [6.45, 7) is 3.71. The van der Waals surface area contributed by atoms with Crippen molar-refractivity contribution in [2.24, 2.45) is 0 Å². The Kier molecular flexibility index (Phi) is 5.91. The Balaban J connectivity index is 1.55. The van der Waals surface area contributed by atoms with Crippen molar-refractivity contribution in [3.63, 3.8) is 0 Å². The Morgan fingerprint density at radius 1 is 1.39 bits per heavy atom. The summed E-state index contributed by atoms with van der Waals surface area (Å²) < 4.78 is 5.18. The van der Waals surface area contributed by atoms with Gasteiger partial charge in [0.1, 0.15) is 11.8 Å². The van der Waals surface area contributed by atoms with Crippen LogP contribution in [0.15, 0.2) is 41.1 Å². The van der Waals surface area contributed by atoms with E-state index in [1.165, 1.54) is 16.7 Å². The fourth-order valence-corrected chi connectivity index (χ4v) is 4.64. The first kappa shape index (κ1) is 20.9. The lowest BCUT2D eigenvalue weighted by Crippen LogP contribution is -2.42. The van der Waals surface area contributed by atoms with Gasteiger partial charge in [-0.15, -0.1) is 11.8 Å². The lowest BCUT2D eigenvalue weighted by Gasteiger charge is -2.18. The van der Waals surface area contributed by atoms with Gasteiger partial charge in [0.2, 0.25) is 5.91 Å². The number of nitrogens with one attached hydrogen (secondary N) is 1. The molecule has 1 aromatic carbocycles. The quantitative estimate of drug-likeness (QED) is 0.656. The Morgan fingerprint density at radius 2 is 2.23 bits per heavy atom. The number of hydrogen-bond donors (Lipinski definition) is 1. The maximum Gasteiger partial charge on any atom is 0.252 e. The summed E-state index contributed by atoms with van der Waals surface area (Å²) in [7, 11) is 0. The van der Waals surface area contributed by atoms with Gasteiger partial charge in [0, 0.05) is 29.3 Å². The molecule has 2 aromatic heterocycles. The van der Waals surface area contributed by atoms with Crippen LogP contribution in [0.5, 0.6) is 0 Å². The van der Waals surface area contributed by atoms with Crippen LogP contribution in [0, 0.1) is 18.3 Å². The van der Waals surface area contributed by atoms with E-state index in [0.717, 1.165) is 17.0 Å². The van der Waals surface area contributed by atoms with E-state index in [0.29, 0.717) is 28.1 Å². The van der Waals surface area contributed by atoms with Gasteiger partial charge in [-0.3, -0.25) is 14.6 Å². The second kappa shape index (κ2) is 8.78. The first-order valence-electron chi connectivity index (χ1n) is 9.85. The highest BCUT2D eigenvalue weighted by Crippen LogP contribution is 2.28. The number of hydrogen-bond acceptors (Lipinski definition) is 7. The average Bonchev–Trinajstić information content (AvgIpc) is 3.44. The summed E-state index contributed by atoms with van der Waals surface area (Å²) in [5.74, 6) is 1.16. The third-order valence-corrected chi connectivity index (χ3v) is 6.36. The molecule has 2 amide bonds. The molecule has 4 rings (SSSR count). The summed E-state index contributed by atoms with van der Waals surface area (Å²) in [4.78, 5) is 31.2. The largest absolute Gasteiger partial charge is 0.361 e. The van der Waals surface area contributed by atoms with Crippen LogP contribution in [0.4, 0.5) is 0 Å². The van der Waals surface area contributed by atoms with Crippen LogP contribution in [0.1, 0.15) is 40.2 Å². The molecule has 1 unspecified atom stereocenters. The summed E-state index contributed by atoms with van der Waals surface area (Å²) >= 11 is 1.53. The van der Waals surface area contributed by atoms with Crippen LogP contribution in [-0.4, -0.2) is 51.1 Å². The number of fused-ring (bicyclic) bond motifs is 1. The highest BCUT2D eigenvalue weighted by Gasteiger charge is 2.29. The number of thioether (sulfide) groups is 1. The van der Waals surface area contributed by atoms with E-state index in [4.69, 9.17) is 9.78 Å². The van der Waals surface area contributed by atoms with Crippen LogP contribution in [-0.2, 0) is 4.79 Å². The minimum Gasteiger partial charge on any atom is -0.361 e. The SMILES string of the molecule is Cc1cc(C(C)c2ccc3nccc(C(=O)NCC(=O)N4CSC[C@H]4C#N)c3c2)no1. The molecule has 8 nitrogen and oxygen atoms in total. The van der Waals surface area contributed by atoms with Gasteiger partial charge >= 0.3 is 0 Å². The topological polar surface area (TPSA) is 112 Å². The molecule has 1 aliphatic rings. The number of pyridine rings is 1. The van der Waals surface area contributed by atoms with Gasteiger partial charge in [-0.25, -0.2) is 0 Å². The van der Waals surface area contributed by atoms with Gasteiger partial charge in [-0.2, -0.15) is 5.26 Å². The molecule has 1 saturated heterocycles. The van der Waals surface area contributed by atoms with E-state index >= 15 is 0 Å². The van der Waals surface area contributed by atoms with Crippen LogP contribution in [0.3, 0.4) is 0 Å². The Bertz CT molecular complexity index is 1190. The molecule has 0 spiro atoms. The highest BCUT2D eigenvalue weighted by molar-refractivity contribution is 7.99. The Hall–Kier alpha value is -3.38. The zero-order valence-corrected chi connectivity index (χ0v) is 18.0. The smallest absolute Gasteiger partial charge is 0.252 e. The number of nitriles is 1. The third-order valence-electron chi connectivity index (χ3n) is 5.35. The Morgan fingerprint density at radius 3 is 2.97 bits per heavy atom. The van der Waals surface area contributed by atoms with Crippen molar-refractivity contribution in [1.29, 1.82) is 5.26 Å². The fourth-order valence-electron chi connectivity index (χ4n) is 3.54. The molecule has 0 saturated carbocycles. The lowest BCUT2D eigenvalue weighted by atomic mass is 9.95. The third kappa shape index (κ3) is 4.25. The molecule has 9 heteroatoms. The standard InChI is InChI=1S/C22H21N5O3S/c1-13-7-20(26-30-13)14(2)15-3-4-19-18(8-15)17(5-6-24-19)22(29)25-10-21(28)27-12-31-11-16(27)9-23/h3-8,14,16H,10-12H2,1-2H3,(H,25,29)/t14?,16-/m1/s1. The average molecular weight is 436 g/mol. The summed E-state index contributed by atoms with van der Waals surface area (Å²) in [6, 6.07) is 11.0. The monoisotopic (exact) mass is 435 g/mol. The zero-order chi connectivity index (χ0) is 22.0. The normalized spacial score (nSPS) is 16.8. The minimum atomic E-state index is -0.444. The number of carbonyl (C=O) groups excluding carboxylic acids is 2. The fraction of sp³-hybridized carbons (Fsp3) is 0.318. The lowest BCUT2D eigenvalue weighted by molar-refractivity contribution is -0.129. The maximum atomic E-state index is 12.9. The van der Waals surface area contributed by atoms with Crippen molar-refractivity contribution < 1.29 is 14.1 Å². The van der Waals surface area contributed by atoms with E-state index in [2.05, 4.69) is 21.5 Å². The molecule has 1 aliphatic heterocycles. The van der Waals surface area contributed by atoms with Gasteiger partial charge in [-0.05, 0) is 30.7 Å². The second-order valence-electron chi connectivity index (χ2n) is 7.41. The molecule has 0 aliphatic carbocycles. The molecular formula is C22H21N5O3S. The van der Waals surface area contributed by atoms with Crippen molar-refractivity contribution in [3.05, 3.63) is 59.1 Å². The molecule has 2 atom stereocenters. The number of amides is 2. The second-order valence-corrected chi connectivity index (χ2v) is 8.41. The number of benzene rings is 1. The van der Waals surface area contributed by atoms with Crippen LogP contribution < -0.4 is 5.32 Å². The van der Waals surface area contributed by atoms with Gasteiger partial charge < -0.3 is 14.7 Å². The number of carbonyl (C=O) groups is 2. The summed E-state index contributed by atoms with van der Waals surface area (Å²) in [6.07, 6.45) is 1.58. The Labute approximate surface area is 183 Å². The van der Waals surface area contributed by atoms with E-state index in [1.807, 2.05) is 38.1 Å². The summed E-state index contributed by atoms with van der Waals surface area (Å²) in [5.41, 5.74) is 2.92.